The van der Waals surface area contributed by atoms with E-state index in [1.54, 1.807) is 29.2 Å². The van der Waals surface area contributed by atoms with Crippen molar-refractivity contribution in [2.45, 2.75) is 31.7 Å². The van der Waals surface area contributed by atoms with Crippen molar-refractivity contribution in [3.8, 4) is 0 Å². The Morgan fingerprint density at radius 3 is 2.46 bits per heavy atom. The van der Waals surface area contributed by atoms with E-state index in [-0.39, 0.29) is 17.9 Å². The minimum atomic E-state index is -0.0255. The lowest BCUT2D eigenvalue weighted by Crippen LogP contribution is -2.51. The summed E-state index contributed by atoms with van der Waals surface area (Å²) in [6.45, 7) is 2.31. The average Bonchev–Trinajstić information content (AvgIpc) is 2.99. The van der Waals surface area contributed by atoms with Crippen LogP contribution in [-0.2, 0) is 4.79 Å². The van der Waals surface area contributed by atoms with E-state index >= 15 is 0 Å². The summed E-state index contributed by atoms with van der Waals surface area (Å²) < 4.78 is 0. The van der Waals surface area contributed by atoms with E-state index < -0.39 is 0 Å². The van der Waals surface area contributed by atoms with Crippen LogP contribution in [0, 0.1) is 5.92 Å². The molecule has 0 bridgehead atoms. The molecule has 2 aliphatic rings. The molecule has 1 heterocycles. The smallest absolute Gasteiger partial charge is 0.254 e. The SMILES string of the molecule is N[C@@H]1CCC[C@H]1CC(=O)N1CCN(C(=O)c2cccc(Cl)c2)CC1. The van der Waals surface area contributed by atoms with Crippen molar-refractivity contribution in [2.75, 3.05) is 26.2 Å². The molecule has 0 radical (unpaired) electrons. The lowest BCUT2D eigenvalue weighted by atomic mass is 9.99. The van der Waals surface area contributed by atoms with Gasteiger partial charge in [-0.25, -0.2) is 0 Å². The highest BCUT2D eigenvalue weighted by Crippen LogP contribution is 2.27. The van der Waals surface area contributed by atoms with Gasteiger partial charge in [-0.05, 0) is 37.0 Å². The Morgan fingerprint density at radius 2 is 1.83 bits per heavy atom. The largest absolute Gasteiger partial charge is 0.339 e. The van der Waals surface area contributed by atoms with E-state index in [2.05, 4.69) is 0 Å². The molecule has 1 aromatic rings. The molecule has 6 heteroatoms. The number of piperazine rings is 1. The molecule has 24 heavy (non-hydrogen) atoms. The average molecular weight is 350 g/mol. The van der Waals surface area contributed by atoms with Crippen LogP contribution in [0.4, 0.5) is 0 Å². The van der Waals surface area contributed by atoms with E-state index in [1.165, 1.54) is 0 Å². The molecule has 0 spiro atoms. The second kappa shape index (κ2) is 7.53. The van der Waals surface area contributed by atoms with Gasteiger partial charge in [-0.2, -0.15) is 0 Å². The predicted molar refractivity (Wildman–Crippen MR) is 93.9 cm³/mol. The van der Waals surface area contributed by atoms with Gasteiger partial charge < -0.3 is 15.5 Å². The van der Waals surface area contributed by atoms with Crippen LogP contribution in [0.5, 0.6) is 0 Å². The highest BCUT2D eigenvalue weighted by atomic mass is 35.5. The molecule has 0 unspecified atom stereocenters. The highest BCUT2D eigenvalue weighted by Gasteiger charge is 2.30. The van der Waals surface area contributed by atoms with Gasteiger partial charge in [0.2, 0.25) is 5.91 Å². The van der Waals surface area contributed by atoms with Crippen LogP contribution in [0.25, 0.3) is 0 Å². The fraction of sp³-hybridized carbons (Fsp3) is 0.556. The van der Waals surface area contributed by atoms with Gasteiger partial charge >= 0.3 is 0 Å². The summed E-state index contributed by atoms with van der Waals surface area (Å²) in [5, 5.41) is 0.558. The fourth-order valence-corrected chi connectivity index (χ4v) is 3.83. The van der Waals surface area contributed by atoms with E-state index in [9.17, 15) is 9.59 Å². The van der Waals surface area contributed by atoms with Crippen molar-refractivity contribution < 1.29 is 9.59 Å². The first-order valence-electron chi connectivity index (χ1n) is 8.63. The molecular formula is C18H24ClN3O2. The Kier molecular flexibility index (Phi) is 5.41. The molecule has 2 amide bonds. The Hall–Kier alpha value is -1.59. The number of nitrogens with two attached hydrogens (primary N) is 1. The molecule has 3 rings (SSSR count). The Balaban J connectivity index is 1.52. The maximum Gasteiger partial charge on any atom is 0.254 e. The van der Waals surface area contributed by atoms with Crippen LogP contribution in [0.1, 0.15) is 36.0 Å². The number of carbonyl (C=O) groups is 2. The topological polar surface area (TPSA) is 66.6 Å². The van der Waals surface area contributed by atoms with Crippen LogP contribution in [0.2, 0.25) is 5.02 Å². The third-order valence-electron chi connectivity index (χ3n) is 5.15. The minimum absolute atomic E-state index is 0.0255. The fourth-order valence-electron chi connectivity index (χ4n) is 3.64. The molecule has 5 nitrogen and oxygen atoms in total. The van der Waals surface area contributed by atoms with Crippen molar-refractivity contribution in [1.82, 2.24) is 9.80 Å². The number of benzene rings is 1. The molecule has 1 saturated carbocycles. The number of hydrogen-bond donors (Lipinski definition) is 1. The quantitative estimate of drug-likeness (QED) is 0.909. The summed E-state index contributed by atoms with van der Waals surface area (Å²) in [5.41, 5.74) is 6.66. The molecule has 1 aliphatic heterocycles. The second-order valence-electron chi connectivity index (χ2n) is 6.74. The van der Waals surface area contributed by atoms with Gasteiger partial charge in [0.1, 0.15) is 0 Å². The second-order valence-corrected chi connectivity index (χ2v) is 7.18. The summed E-state index contributed by atoms with van der Waals surface area (Å²) in [4.78, 5) is 28.6. The Labute approximate surface area is 147 Å². The van der Waals surface area contributed by atoms with Crippen molar-refractivity contribution >= 4 is 23.4 Å². The molecule has 1 aliphatic carbocycles. The highest BCUT2D eigenvalue weighted by molar-refractivity contribution is 6.30. The number of nitrogens with zero attached hydrogens (tertiary/aromatic N) is 2. The van der Waals surface area contributed by atoms with Crippen LogP contribution in [0.3, 0.4) is 0 Å². The zero-order valence-electron chi connectivity index (χ0n) is 13.8. The maximum absolute atomic E-state index is 12.5. The van der Waals surface area contributed by atoms with Crippen LogP contribution < -0.4 is 5.73 Å². The summed E-state index contributed by atoms with van der Waals surface area (Å²) >= 11 is 5.95. The van der Waals surface area contributed by atoms with Crippen LogP contribution in [0.15, 0.2) is 24.3 Å². The lowest BCUT2D eigenvalue weighted by Gasteiger charge is -2.35. The maximum atomic E-state index is 12.5. The van der Waals surface area contributed by atoms with E-state index in [1.807, 2.05) is 4.90 Å². The summed E-state index contributed by atoms with van der Waals surface area (Å²) in [5.74, 6) is 0.471. The van der Waals surface area contributed by atoms with Crippen molar-refractivity contribution in [3.05, 3.63) is 34.9 Å². The monoisotopic (exact) mass is 349 g/mol. The molecule has 1 aromatic carbocycles. The minimum Gasteiger partial charge on any atom is -0.339 e. The first-order valence-corrected chi connectivity index (χ1v) is 9.00. The number of halogens is 1. The first kappa shape index (κ1) is 17.2. The van der Waals surface area contributed by atoms with Gasteiger partial charge in [0.05, 0.1) is 0 Å². The van der Waals surface area contributed by atoms with Gasteiger partial charge in [0.25, 0.3) is 5.91 Å². The molecule has 2 N–H and O–H groups in total. The van der Waals surface area contributed by atoms with Gasteiger partial charge in [-0.3, -0.25) is 9.59 Å². The number of rotatable bonds is 3. The van der Waals surface area contributed by atoms with E-state index in [0.29, 0.717) is 49.1 Å². The van der Waals surface area contributed by atoms with Crippen molar-refractivity contribution in [2.24, 2.45) is 11.7 Å². The molecular weight excluding hydrogens is 326 g/mol. The van der Waals surface area contributed by atoms with E-state index in [0.717, 1.165) is 19.3 Å². The Bertz CT molecular complexity index is 614. The molecule has 0 aromatic heterocycles. The molecule has 130 valence electrons. The predicted octanol–water partition coefficient (Wildman–Crippen LogP) is 2.14. The zero-order chi connectivity index (χ0) is 17.1. The lowest BCUT2D eigenvalue weighted by molar-refractivity contribution is -0.133. The van der Waals surface area contributed by atoms with Gasteiger partial charge in [0.15, 0.2) is 0 Å². The Morgan fingerprint density at radius 1 is 1.12 bits per heavy atom. The van der Waals surface area contributed by atoms with Crippen molar-refractivity contribution in [1.29, 1.82) is 0 Å². The van der Waals surface area contributed by atoms with Crippen LogP contribution >= 0.6 is 11.6 Å². The summed E-state index contributed by atoms with van der Waals surface area (Å²) in [7, 11) is 0. The number of amides is 2. The van der Waals surface area contributed by atoms with Gasteiger partial charge in [-0.1, -0.05) is 24.1 Å². The molecule has 1 saturated heterocycles. The number of carbonyl (C=O) groups excluding carboxylic acids is 2. The van der Waals surface area contributed by atoms with Gasteiger partial charge in [-0.15, -0.1) is 0 Å². The normalized spacial score (nSPS) is 24.2. The zero-order valence-corrected chi connectivity index (χ0v) is 14.5. The molecule has 2 atom stereocenters. The first-order chi connectivity index (χ1) is 11.5. The molecule has 2 fully saturated rings. The third-order valence-corrected chi connectivity index (χ3v) is 5.38. The summed E-state index contributed by atoms with van der Waals surface area (Å²) in [6.07, 6.45) is 3.75. The standard InChI is InChI=1S/C18H24ClN3O2/c19-15-5-1-4-14(11-15)18(24)22-9-7-21(8-10-22)17(23)12-13-3-2-6-16(13)20/h1,4-5,11,13,16H,2-3,6-10,12,20H2/t13-,16+/m0/s1. The van der Waals surface area contributed by atoms with Crippen LogP contribution in [-0.4, -0.2) is 53.8 Å². The van der Waals surface area contributed by atoms with Crippen molar-refractivity contribution in [3.63, 3.8) is 0 Å². The third kappa shape index (κ3) is 3.90. The van der Waals surface area contributed by atoms with Gasteiger partial charge in [0, 0.05) is 49.2 Å². The van der Waals surface area contributed by atoms with E-state index in [4.69, 9.17) is 17.3 Å². The summed E-state index contributed by atoms with van der Waals surface area (Å²) in [6, 6.07) is 7.15. The number of hydrogen-bond acceptors (Lipinski definition) is 3.